The first-order valence-corrected chi connectivity index (χ1v) is 7.34. The number of aromatic nitrogens is 1. The minimum Gasteiger partial charge on any atom is -0.478 e. The number of carboxylic acid groups (broad SMARTS) is 1. The molecule has 0 aliphatic carbocycles. The van der Waals surface area contributed by atoms with Gasteiger partial charge in [-0.1, -0.05) is 0 Å². The van der Waals surface area contributed by atoms with Crippen LogP contribution in [-0.4, -0.2) is 27.0 Å². The zero-order valence-electron chi connectivity index (χ0n) is 13.1. The lowest BCUT2D eigenvalue weighted by Crippen LogP contribution is -2.24. The fourth-order valence-electron chi connectivity index (χ4n) is 2.49. The van der Waals surface area contributed by atoms with Crippen LogP contribution in [0.4, 0.5) is 0 Å². The highest BCUT2D eigenvalue weighted by Gasteiger charge is 2.13. The summed E-state index contributed by atoms with van der Waals surface area (Å²) in [5.41, 5.74) is 12.9. The van der Waals surface area contributed by atoms with E-state index >= 15 is 0 Å². The van der Waals surface area contributed by atoms with Gasteiger partial charge in [0, 0.05) is 22.6 Å². The van der Waals surface area contributed by atoms with E-state index < -0.39 is 5.97 Å². The number of hydrogen-bond donors (Lipinski definition) is 3. The summed E-state index contributed by atoms with van der Waals surface area (Å²) in [6.07, 6.45) is 1.65. The van der Waals surface area contributed by atoms with Gasteiger partial charge in [0.05, 0.1) is 11.8 Å². The predicted octanol–water partition coefficient (Wildman–Crippen LogP) is 2.27. The number of nitrogens with two attached hydrogens (primary N) is 1. The molecule has 0 saturated carbocycles. The lowest BCUT2D eigenvalue weighted by Gasteiger charge is -2.13. The number of nitrogens with zero attached hydrogens (tertiary/aromatic N) is 2. The van der Waals surface area contributed by atoms with Gasteiger partial charge in [0.25, 0.3) is 0 Å². The maximum Gasteiger partial charge on any atom is 0.335 e. The number of rotatable bonds is 4. The lowest BCUT2D eigenvalue weighted by molar-refractivity contribution is 0.0697. The molecule has 0 atom stereocenters. The molecular weight excluding hydrogens is 312 g/mol. The van der Waals surface area contributed by atoms with Crippen LogP contribution in [-0.2, 0) is 0 Å². The Morgan fingerprint density at radius 2 is 2.04 bits per heavy atom. The molecule has 1 aromatic heterocycles. The summed E-state index contributed by atoms with van der Waals surface area (Å²) in [7, 11) is 0. The molecule has 1 heterocycles. The van der Waals surface area contributed by atoms with Gasteiger partial charge in [-0.15, -0.1) is 0 Å². The van der Waals surface area contributed by atoms with Crippen molar-refractivity contribution in [1.82, 2.24) is 9.99 Å². The van der Waals surface area contributed by atoms with E-state index in [0.29, 0.717) is 0 Å². The van der Waals surface area contributed by atoms with Crippen molar-refractivity contribution < 1.29 is 9.90 Å². The van der Waals surface area contributed by atoms with Crippen LogP contribution in [0.2, 0.25) is 0 Å². The number of thiocarbonyl (C=S) groups is 1. The quantitative estimate of drug-likeness (QED) is 0.454. The van der Waals surface area contributed by atoms with Crippen LogP contribution in [0.3, 0.4) is 0 Å². The summed E-state index contributed by atoms with van der Waals surface area (Å²) in [5.74, 6) is -0.933. The Labute approximate surface area is 139 Å². The number of carboxylic acids is 1. The Kier molecular flexibility index (Phi) is 4.80. The number of hydrogen-bond acceptors (Lipinski definition) is 3. The summed E-state index contributed by atoms with van der Waals surface area (Å²) >= 11 is 4.70. The molecule has 0 fully saturated rings. The number of hydrazone groups is 1. The molecule has 0 aliphatic heterocycles. The van der Waals surface area contributed by atoms with Gasteiger partial charge in [-0.3, -0.25) is 5.43 Å². The maximum atomic E-state index is 11.1. The summed E-state index contributed by atoms with van der Waals surface area (Å²) in [4.78, 5) is 11.1. The standard InChI is InChI=1S/C16H18N4O2S/c1-9-6-12(15(21)22)4-5-14(9)20-10(2)7-13(11(20)3)8-18-19-16(17)23/h4-8H,1-3H3,(H,21,22)(H3,17,19,23)/b18-8-. The van der Waals surface area contributed by atoms with E-state index in [9.17, 15) is 4.79 Å². The smallest absolute Gasteiger partial charge is 0.335 e. The molecule has 0 spiro atoms. The third-order valence-electron chi connectivity index (χ3n) is 3.53. The van der Waals surface area contributed by atoms with Crippen LogP contribution in [0, 0.1) is 20.8 Å². The second-order valence-electron chi connectivity index (χ2n) is 5.20. The lowest BCUT2D eigenvalue weighted by atomic mass is 10.1. The molecule has 0 aliphatic rings. The molecule has 0 bridgehead atoms. The number of aromatic carboxylic acids is 1. The first-order chi connectivity index (χ1) is 10.8. The fraction of sp³-hybridized carbons (Fsp3) is 0.188. The number of aryl methyl sites for hydroxylation is 2. The molecule has 6 nitrogen and oxygen atoms in total. The highest BCUT2D eigenvalue weighted by Crippen LogP contribution is 2.23. The number of carbonyl (C=O) groups is 1. The SMILES string of the molecule is Cc1cc(C(=O)O)ccc1-n1c(C)cc(/C=N\NC(N)=S)c1C. The summed E-state index contributed by atoms with van der Waals surface area (Å²) in [6.45, 7) is 5.85. The van der Waals surface area contributed by atoms with Crippen molar-refractivity contribution in [2.45, 2.75) is 20.8 Å². The summed E-state index contributed by atoms with van der Waals surface area (Å²) < 4.78 is 2.06. The molecule has 0 amide bonds. The van der Waals surface area contributed by atoms with Crippen molar-refractivity contribution in [3.63, 3.8) is 0 Å². The van der Waals surface area contributed by atoms with E-state index in [0.717, 1.165) is 28.2 Å². The molecule has 0 radical (unpaired) electrons. The minimum atomic E-state index is -0.933. The van der Waals surface area contributed by atoms with Gasteiger partial charge >= 0.3 is 5.97 Å². The van der Waals surface area contributed by atoms with Gasteiger partial charge in [-0.05, 0) is 62.8 Å². The Balaban J connectivity index is 2.45. The summed E-state index contributed by atoms with van der Waals surface area (Å²) in [5, 5.41) is 13.2. The molecule has 120 valence electrons. The second kappa shape index (κ2) is 6.62. The third-order valence-corrected chi connectivity index (χ3v) is 3.62. The van der Waals surface area contributed by atoms with Gasteiger partial charge in [0.15, 0.2) is 5.11 Å². The average molecular weight is 330 g/mol. The topological polar surface area (TPSA) is 92.6 Å². The largest absolute Gasteiger partial charge is 0.478 e. The molecule has 2 aromatic rings. The van der Waals surface area contributed by atoms with E-state index in [1.165, 1.54) is 0 Å². The van der Waals surface area contributed by atoms with E-state index in [4.69, 9.17) is 23.1 Å². The zero-order chi connectivity index (χ0) is 17.1. The zero-order valence-corrected chi connectivity index (χ0v) is 13.9. The van der Waals surface area contributed by atoms with Gasteiger partial charge in [0.2, 0.25) is 0 Å². The molecule has 1 aromatic carbocycles. The van der Waals surface area contributed by atoms with Gasteiger partial charge in [-0.25, -0.2) is 4.79 Å². The second-order valence-corrected chi connectivity index (χ2v) is 5.64. The van der Waals surface area contributed by atoms with E-state index in [-0.39, 0.29) is 10.7 Å². The van der Waals surface area contributed by atoms with Crippen molar-refractivity contribution in [2.24, 2.45) is 10.8 Å². The first-order valence-electron chi connectivity index (χ1n) is 6.93. The molecule has 4 N–H and O–H groups in total. The van der Waals surface area contributed by atoms with Crippen LogP contribution in [0.5, 0.6) is 0 Å². The van der Waals surface area contributed by atoms with Crippen molar-refractivity contribution in [2.75, 3.05) is 0 Å². The maximum absolute atomic E-state index is 11.1. The predicted molar refractivity (Wildman–Crippen MR) is 94.5 cm³/mol. The van der Waals surface area contributed by atoms with Crippen molar-refractivity contribution in [1.29, 1.82) is 0 Å². The molecule has 23 heavy (non-hydrogen) atoms. The van der Waals surface area contributed by atoms with E-state index in [2.05, 4.69) is 15.1 Å². The Morgan fingerprint density at radius 3 is 2.61 bits per heavy atom. The molecule has 0 unspecified atom stereocenters. The number of nitrogens with one attached hydrogen (secondary N) is 1. The first kappa shape index (κ1) is 16.7. The van der Waals surface area contributed by atoms with Crippen molar-refractivity contribution in [3.8, 4) is 5.69 Å². The average Bonchev–Trinajstić information content (AvgIpc) is 2.73. The molecule has 7 heteroatoms. The summed E-state index contributed by atoms with van der Waals surface area (Å²) in [6, 6.07) is 7.07. The van der Waals surface area contributed by atoms with Crippen LogP contribution in [0.25, 0.3) is 5.69 Å². The third kappa shape index (κ3) is 3.57. The van der Waals surface area contributed by atoms with Crippen molar-refractivity contribution in [3.05, 3.63) is 52.3 Å². The highest BCUT2D eigenvalue weighted by molar-refractivity contribution is 7.80. The van der Waals surface area contributed by atoms with Crippen molar-refractivity contribution >= 4 is 29.5 Å². The van der Waals surface area contributed by atoms with Crippen LogP contribution in [0.1, 0.15) is 32.9 Å². The van der Waals surface area contributed by atoms with Gasteiger partial charge in [-0.2, -0.15) is 5.10 Å². The van der Waals surface area contributed by atoms with Crippen LogP contribution in [0.15, 0.2) is 29.4 Å². The highest BCUT2D eigenvalue weighted by atomic mass is 32.1. The molecule has 2 rings (SSSR count). The van der Waals surface area contributed by atoms with E-state index in [1.807, 2.05) is 32.9 Å². The normalized spacial score (nSPS) is 10.9. The van der Waals surface area contributed by atoms with Gasteiger partial charge in [0.1, 0.15) is 0 Å². The monoisotopic (exact) mass is 330 g/mol. The Hall–Kier alpha value is -2.67. The van der Waals surface area contributed by atoms with Crippen LogP contribution >= 0.6 is 12.2 Å². The minimum absolute atomic E-state index is 0.107. The molecule has 0 saturated heterocycles. The Morgan fingerprint density at radius 1 is 1.35 bits per heavy atom. The fourth-order valence-corrected chi connectivity index (χ4v) is 2.55. The molecular formula is C16H18N4O2S. The Bertz CT molecular complexity index is 809. The van der Waals surface area contributed by atoms with Crippen LogP contribution < -0.4 is 11.2 Å². The van der Waals surface area contributed by atoms with E-state index in [1.54, 1.807) is 18.3 Å². The van der Waals surface area contributed by atoms with Gasteiger partial charge < -0.3 is 15.4 Å². The number of benzene rings is 1.